The van der Waals surface area contributed by atoms with Gasteiger partial charge in [0.25, 0.3) is 0 Å². The Morgan fingerprint density at radius 1 is 0.661 bits per heavy atom. The summed E-state index contributed by atoms with van der Waals surface area (Å²) < 4.78 is 39.5. The van der Waals surface area contributed by atoms with E-state index in [1.54, 1.807) is 18.0 Å². The average molecular weight is 804 g/mol. The molecule has 18 heteroatoms. The molecule has 0 aliphatic carbocycles. The second kappa shape index (κ2) is 36.1. The molecule has 1 rings (SSSR count). The van der Waals surface area contributed by atoms with Crippen LogP contribution >= 0.6 is 0 Å². The summed E-state index contributed by atoms with van der Waals surface area (Å²) in [4.78, 5) is 48.5. The molecular weight excluding hydrogens is 734 g/mol. The molecule has 0 bridgehead atoms. The van der Waals surface area contributed by atoms with E-state index < -0.39 is 36.4 Å². The van der Waals surface area contributed by atoms with Crippen LogP contribution in [0.1, 0.15) is 103 Å². The average Bonchev–Trinajstić information content (AvgIpc) is 3.63. The van der Waals surface area contributed by atoms with Crippen molar-refractivity contribution in [1.82, 2.24) is 25.6 Å². The van der Waals surface area contributed by atoms with Gasteiger partial charge >= 0.3 is 11.9 Å². The van der Waals surface area contributed by atoms with Crippen LogP contribution in [0, 0.1) is 0 Å². The van der Waals surface area contributed by atoms with E-state index in [-0.39, 0.29) is 32.0 Å². The number of hydrogen-bond acceptors (Lipinski definition) is 13. The summed E-state index contributed by atoms with van der Waals surface area (Å²) in [5, 5.41) is 31.6. The molecule has 1 aromatic rings. The van der Waals surface area contributed by atoms with Gasteiger partial charge in [0.15, 0.2) is 0 Å². The van der Waals surface area contributed by atoms with Crippen molar-refractivity contribution in [2.75, 3.05) is 86.4 Å². The predicted octanol–water partition coefficient (Wildman–Crippen LogP) is 3.14. The maximum absolute atomic E-state index is 13.1. The van der Waals surface area contributed by atoms with Gasteiger partial charge in [-0.15, -0.1) is 5.10 Å². The zero-order valence-electron chi connectivity index (χ0n) is 33.8. The monoisotopic (exact) mass is 803 g/mol. The highest BCUT2D eigenvalue weighted by molar-refractivity contribution is 5.90. The van der Waals surface area contributed by atoms with Crippen molar-refractivity contribution in [3.63, 3.8) is 0 Å². The molecule has 56 heavy (non-hydrogen) atoms. The summed E-state index contributed by atoms with van der Waals surface area (Å²) >= 11 is 0. The number of nitrogens with zero attached hydrogens (tertiary/aromatic N) is 3. The smallest absolute Gasteiger partial charge is 0.326 e. The lowest BCUT2D eigenvalue weighted by atomic mass is 10.1. The molecular formula is C38H69N5O13. The number of aliphatic carboxylic acids is 2. The fourth-order valence-corrected chi connectivity index (χ4v) is 5.27. The molecule has 0 unspecified atom stereocenters. The third-order valence-electron chi connectivity index (χ3n) is 8.43. The van der Waals surface area contributed by atoms with Gasteiger partial charge < -0.3 is 54.0 Å². The number of carbonyl (C=O) groups is 4. The number of nitrogens with one attached hydrogen (secondary N) is 2. The Kier molecular flexibility index (Phi) is 32.7. The second-order valence-electron chi connectivity index (χ2n) is 13.3. The van der Waals surface area contributed by atoms with Gasteiger partial charge in [-0.2, -0.15) is 0 Å². The second-order valence-corrected chi connectivity index (χ2v) is 13.3. The first-order valence-corrected chi connectivity index (χ1v) is 20.2. The van der Waals surface area contributed by atoms with E-state index in [0.717, 1.165) is 19.3 Å². The molecule has 1 heterocycles. The van der Waals surface area contributed by atoms with Crippen molar-refractivity contribution < 1.29 is 62.5 Å². The van der Waals surface area contributed by atoms with Crippen molar-refractivity contribution in [2.45, 2.75) is 122 Å². The highest BCUT2D eigenvalue weighted by Crippen LogP contribution is 2.12. The minimum Gasteiger partial charge on any atom is -0.481 e. The number of methoxy groups -OCH3 is 1. The first kappa shape index (κ1) is 50.8. The summed E-state index contributed by atoms with van der Waals surface area (Å²) in [6.07, 6.45) is 13.6. The highest BCUT2D eigenvalue weighted by atomic mass is 16.6. The van der Waals surface area contributed by atoms with Gasteiger partial charge in [0.1, 0.15) is 17.8 Å². The largest absolute Gasteiger partial charge is 0.481 e. The molecule has 0 aliphatic heterocycles. The van der Waals surface area contributed by atoms with E-state index in [1.165, 1.54) is 44.9 Å². The van der Waals surface area contributed by atoms with E-state index in [4.69, 9.17) is 38.3 Å². The summed E-state index contributed by atoms with van der Waals surface area (Å²) in [6, 6.07) is -2.64. The summed E-state index contributed by atoms with van der Waals surface area (Å²) in [5.74, 6) is -3.71. The number of amides is 2. The molecule has 324 valence electrons. The van der Waals surface area contributed by atoms with Crippen LogP contribution < -0.4 is 10.6 Å². The molecule has 0 fully saturated rings. The number of rotatable bonds is 41. The topological polar surface area (TPSA) is 228 Å². The standard InChI is InChI=1S/C38H69N5O13/c1-3-4-5-6-7-8-9-10-11-12-13-14-35(44)39-34(37(47)40-33(38(48)49)15-16-36(45)46)31-56-30-32-29-43(42-41-32)17-18-51-21-22-53-25-26-55-28-27-54-24-23-52-20-19-50-2/h29,33-34H,3-28,30-31H2,1-2H3,(H,39,44)(H,40,47)(H,45,46)(H,48,49)/t33-,34+/m1/s1. The van der Waals surface area contributed by atoms with Crippen LogP contribution in [0.5, 0.6) is 0 Å². The number of ether oxygens (including phenoxy) is 7. The van der Waals surface area contributed by atoms with Crippen LogP contribution in [-0.4, -0.2) is 147 Å². The minimum absolute atomic E-state index is 0.0220. The number of carboxylic acids is 2. The summed E-state index contributed by atoms with van der Waals surface area (Å²) in [7, 11) is 1.63. The quantitative estimate of drug-likeness (QED) is 0.0698. The fraction of sp³-hybridized carbons (Fsp3) is 0.842. The molecule has 0 aliphatic rings. The molecule has 0 radical (unpaired) electrons. The van der Waals surface area contributed by atoms with Crippen molar-refractivity contribution in [1.29, 1.82) is 0 Å². The van der Waals surface area contributed by atoms with Gasteiger partial charge in [0, 0.05) is 20.0 Å². The van der Waals surface area contributed by atoms with Gasteiger partial charge in [-0.25, -0.2) is 9.48 Å². The first-order chi connectivity index (χ1) is 27.3. The van der Waals surface area contributed by atoms with Crippen LogP contribution in [0.2, 0.25) is 0 Å². The normalized spacial score (nSPS) is 12.4. The lowest BCUT2D eigenvalue weighted by Crippen LogP contribution is -2.53. The summed E-state index contributed by atoms with van der Waals surface area (Å²) in [5.41, 5.74) is 0.477. The third kappa shape index (κ3) is 30.0. The van der Waals surface area contributed by atoms with Gasteiger partial charge in [0.2, 0.25) is 11.8 Å². The van der Waals surface area contributed by atoms with E-state index in [1.807, 2.05) is 0 Å². The Morgan fingerprint density at radius 2 is 1.18 bits per heavy atom. The Hall–Kier alpha value is -3.26. The molecule has 2 amide bonds. The van der Waals surface area contributed by atoms with Crippen LogP contribution in [0.25, 0.3) is 0 Å². The van der Waals surface area contributed by atoms with E-state index in [0.29, 0.717) is 91.3 Å². The third-order valence-corrected chi connectivity index (χ3v) is 8.43. The Morgan fingerprint density at radius 3 is 1.70 bits per heavy atom. The number of unbranched alkanes of at least 4 members (excludes halogenated alkanes) is 10. The molecule has 0 spiro atoms. The molecule has 18 nitrogen and oxygen atoms in total. The van der Waals surface area contributed by atoms with Gasteiger partial charge in [-0.05, 0) is 12.8 Å². The minimum atomic E-state index is -1.44. The Bertz CT molecular complexity index is 1140. The van der Waals surface area contributed by atoms with Crippen molar-refractivity contribution in [3.8, 4) is 0 Å². The molecule has 1 aromatic heterocycles. The van der Waals surface area contributed by atoms with E-state index >= 15 is 0 Å². The molecule has 2 atom stereocenters. The van der Waals surface area contributed by atoms with E-state index in [9.17, 15) is 24.3 Å². The Labute approximate surface area is 331 Å². The van der Waals surface area contributed by atoms with Crippen LogP contribution in [0.4, 0.5) is 0 Å². The lowest BCUT2D eigenvalue weighted by Gasteiger charge is -2.21. The van der Waals surface area contributed by atoms with Crippen LogP contribution in [0.15, 0.2) is 6.20 Å². The zero-order valence-corrected chi connectivity index (χ0v) is 33.8. The zero-order chi connectivity index (χ0) is 40.9. The van der Waals surface area contributed by atoms with E-state index in [2.05, 4.69) is 27.9 Å². The van der Waals surface area contributed by atoms with Crippen molar-refractivity contribution in [2.24, 2.45) is 0 Å². The lowest BCUT2D eigenvalue weighted by molar-refractivity contribution is -0.143. The molecule has 0 saturated heterocycles. The van der Waals surface area contributed by atoms with Gasteiger partial charge in [-0.3, -0.25) is 14.4 Å². The Balaban J connectivity index is 2.36. The maximum atomic E-state index is 13.1. The predicted molar refractivity (Wildman–Crippen MR) is 205 cm³/mol. The van der Waals surface area contributed by atoms with Crippen LogP contribution in [0.3, 0.4) is 0 Å². The molecule has 0 saturated carbocycles. The summed E-state index contributed by atoms with van der Waals surface area (Å²) in [6.45, 7) is 7.50. The maximum Gasteiger partial charge on any atom is 0.326 e. The first-order valence-electron chi connectivity index (χ1n) is 20.2. The van der Waals surface area contributed by atoms with Gasteiger partial charge in [-0.1, -0.05) is 76.3 Å². The van der Waals surface area contributed by atoms with Gasteiger partial charge in [0.05, 0.1) is 98.6 Å². The van der Waals surface area contributed by atoms with Crippen molar-refractivity contribution in [3.05, 3.63) is 11.9 Å². The number of aromatic nitrogens is 3. The molecule has 4 N–H and O–H groups in total. The SMILES string of the molecule is CCCCCCCCCCCCCC(=O)N[C@@H](COCc1cn(CCOCCOCCOCCOCCOCCOC)nn1)C(=O)N[C@H](CCC(=O)O)C(=O)O. The molecule has 0 aromatic carbocycles. The number of carbonyl (C=O) groups excluding carboxylic acids is 2. The fourth-order valence-electron chi connectivity index (χ4n) is 5.27. The number of hydrogen-bond donors (Lipinski definition) is 4. The highest BCUT2D eigenvalue weighted by Gasteiger charge is 2.27. The number of carboxylic acid groups (broad SMARTS) is 2. The van der Waals surface area contributed by atoms with Crippen LogP contribution in [-0.2, 0) is 65.5 Å². The van der Waals surface area contributed by atoms with Crippen molar-refractivity contribution >= 4 is 23.8 Å².